The number of hydrogen-bond acceptors (Lipinski definition) is 3. The molecule has 0 aromatic carbocycles. The second kappa shape index (κ2) is 2.87. The van der Waals surface area contributed by atoms with Crippen molar-refractivity contribution in [2.45, 2.75) is 0 Å². The van der Waals surface area contributed by atoms with Crippen LogP contribution in [0.1, 0.15) is 0 Å². The second-order valence-corrected chi connectivity index (χ2v) is 1.38. The summed E-state index contributed by atoms with van der Waals surface area (Å²) in [5.41, 5.74) is 4.66. The minimum absolute atomic E-state index is 0.861. The number of hydrogen-bond donors (Lipinski definition) is 1. The van der Waals surface area contributed by atoms with Crippen molar-refractivity contribution in [2.75, 3.05) is 0 Å². The highest BCUT2D eigenvalue weighted by Gasteiger charge is 1.58. The van der Waals surface area contributed by atoms with Crippen LogP contribution in [0.25, 0.3) is 0 Å². The molecule has 0 saturated heterocycles. The van der Waals surface area contributed by atoms with E-state index in [-0.39, 0.29) is 0 Å². The summed E-state index contributed by atoms with van der Waals surface area (Å²) in [6.07, 6.45) is 0.961. The van der Waals surface area contributed by atoms with E-state index < -0.39 is 11.1 Å². The molecule has 1 atom stereocenters. The zero-order valence-corrected chi connectivity index (χ0v) is 3.77. The lowest BCUT2D eigenvalue weighted by molar-refractivity contribution is 0.546. The average molecular weight is 106 g/mol. The van der Waals surface area contributed by atoms with Crippen LogP contribution in [0.15, 0.2) is 11.6 Å². The Kier molecular flexibility index (Phi) is 2.70. The highest BCUT2D eigenvalue weighted by Crippen LogP contribution is 1.67. The molecule has 0 rings (SSSR count). The molecule has 0 amide bonds. The summed E-state index contributed by atoms with van der Waals surface area (Å²) in [6.45, 7) is 0. The van der Waals surface area contributed by atoms with E-state index >= 15 is 0 Å². The predicted octanol–water partition coefficient (Wildman–Crippen LogP) is -0.705. The van der Waals surface area contributed by atoms with Crippen LogP contribution in [-0.4, -0.2) is 8.76 Å². The average Bonchev–Trinajstić information content (AvgIpc) is 1.35. The molecular formula is C2H4NO2S-. The van der Waals surface area contributed by atoms with E-state index in [0.29, 0.717) is 0 Å². The third kappa shape index (κ3) is 3.65. The molecule has 0 bridgehead atoms. The van der Waals surface area contributed by atoms with E-state index in [0.717, 1.165) is 11.6 Å². The SMILES string of the molecule is N/C=C/S(=O)[O-]. The lowest BCUT2D eigenvalue weighted by Crippen LogP contribution is -1.81. The molecule has 0 saturated carbocycles. The molecule has 0 fully saturated rings. The van der Waals surface area contributed by atoms with Crippen molar-refractivity contribution >= 4 is 11.1 Å². The molecule has 0 aromatic rings. The van der Waals surface area contributed by atoms with Gasteiger partial charge in [0.2, 0.25) is 0 Å². The minimum Gasteiger partial charge on any atom is -0.769 e. The summed E-state index contributed by atoms with van der Waals surface area (Å²) in [4.78, 5) is 0. The molecule has 0 spiro atoms. The Morgan fingerprint density at radius 1 is 1.83 bits per heavy atom. The topological polar surface area (TPSA) is 66.2 Å². The summed E-state index contributed by atoms with van der Waals surface area (Å²) in [5, 5.41) is 0.861. The van der Waals surface area contributed by atoms with Gasteiger partial charge in [-0.3, -0.25) is 4.21 Å². The van der Waals surface area contributed by atoms with Gasteiger partial charge in [-0.15, -0.1) is 0 Å². The van der Waals surface area contributed by atoms with Gasteiger partial charge < -0.3 is 10.3 Å². The fraction of sp³-hybridized carbons (Fsp3) is 0. The standard InChI is InChI=1S/C2H5NO2S/c3-1-2-6(4)5/h1-2H,3H2,(H,4,5)/p-1/b2-1+. The first-order valence-corrected chi connectivity index (χ1v) is 2.37. The molecule has 0 heterocycles. The third-order valence-corrected chi connectivity index (χ3v) is 0.569. The number of rotatable bonds is 1. The van der Waals surface area contributed by atoms with Gasteiger partial charge in [0.1, 0.15) is 0 Å². The van der Waals surface area contributed by atoms with Crippen LogP contribution in [0.4, 0.5) is 0 Å². The van der Waals surface area contributed by atoms with Crippen LogP contribution in [0.5, 0.6) is 0 Å². The molecule has 2 N–H and O–H groups in total. The maximum atomic E-state index is 9.43. The first-order valence-electron chi connectivity index (χ1n) is 1.24. The van der Waals surface area contributed by atoms with Crippen LogP contribution < -0.4 is 5.73 Å². The normalized spacial score (nSPS) is 15.5. The Labute approximate surface area is 38.1 Å². The van der Waals surface area contributed by atoms with Crippen LogP contribution in [0, 0.1) is 0 Å². The Morgan fingerprint density at radius 2 is 2.33 bits per heavy atom. The van der Waals surface area contributed by atoms with Crippen LogP contribution in [0.2, 0.25) is 0 Å². The molecule has 0 radical (unpaired) electrons. The van der Waals surface area contributed by atoms with Crippen molar-refractivity contribution in [3.8, 4) is 0 Å². The molecule has 0 aliphatic rings. The van der Waals surface area contributed by atoms with Gasteiger partial charge in [-0.1, -0.05) is 0 Å². The predicted molar refractivity (Wildman–Crippen MR) is 22.2 cm³/mol. The monoisotopic (exact) mass is 106 g/mol. The Morgan fingerprint density at radius 3 is 2.33 bits per heavy atom. The summed E-state index contributed by atoms with van der Waals surface area (Å²) in [5.74, 6) is 0. The van der Waals surface area contributed by atoms with E-state index in [2.05, 4.69) is 5.73 Å². The van der Waals surface area contributed by atoms with E-state index in [1.807, 2.05) is 0 Å². The molecule has 3 nitrogen and oxygen atoms in total. The highest BCUT2D eigenvalue weighted by molar-refractivity contribution is 7.82. The summed E-state index contributed by atoms with van der Waals surface area (Å²) >= 11 is -2.12. The van der Waals surface area contributed by atoms with Crippen molar-refractivity contribution in [2.24, 2.45) is 5.73 Å². The van der Waals surface area contributed by atoms with Crippen molar-refractivity contribution in [1.82, 2.24) is 0 Å². The van der Waals surface area contributed by atoms with Crippen LogP contribution in [-0.2, 0) is 11.1 Å². The molecule has 1 unspecified atom stereocenters. The Balaban J connectivity index is 3.30. The smallest absolute Gasteiger partial charge is 0.00399 e. The van der Waals surface area contributed by atoms with Crippen molar-refractivity contribution < 1.29 is 8.76 Å². The fourth-order valence-corrected chi connectivity index (χ4v) is 0.192. The lowest BCUT2D eigenvalue weighted by atomic mass is 11.1. The van der Waals surface area contributed by atoms with E-state index in [9.17, 15) is 8.76 Å². The van der Waals surface area contributed by atoms with E-state index in [4.69, 9.17) is 0 Å². The molecule has 6 heavy (non-hydrogen) atoms. The summed E-state index contributed by atoms with van der Waals surface area (Å²) < 4.78 is 18.9. The summed E-state index contributed by atoms with van der Waals surface area (Å²) in [7, 11) is 0. The molecule has 36 valence electrons. The highest BCUT2D eigenvalue weighted by atomic mass is 32.2. The van der Waals surface area contributed by atoms with Crippen LogP contribution >= 0.6 is 0 Å². The van der Waals surface area contributed by atoms with Gasteiger partial charge in [0.25, 0.3) is 0 Å². The van der Waals surface area contributed by atoms with Crippen LogP contribution in [0.3, 0.4) is 0 Å². The van der Waals surface area contributed by atoms with Gasteiger partial charge in [0.05, 0.1) is 0 Å². The number of nitrogens with two attached hydrogens (primary N) is 1. The second-order valence-electron chi connectivity index (χ2n) is 0.589. The van der Waals surface area contributed by atoms with Gasteiger partial charge in [0.15, 0.2) is 0 Å². The third-order valence-electron chi connectivity index (χ3n) is 0.190. The first kappa shape index (κ1) is 5.65. The van der Waals surface area contributed by atoms with Crippen molar-refractivity contribution in [3.05, 3.63) is 11.6 Å². The summed E-state index contributed by atoms with van der Waals surface area (Å²) in [6, 6.07) is 0. The zero-order valence-electron chi connectivity index (χ0n) is 2.96. The van der Waals surface area contributed by atoms with Gasteiger partial charge >= 0.3 is 0 Å². The molecular weight excluding hydrogens is 102 g/mol. The Bertz CT molecular complexity index is 79.6. The molecule has 0 aliphatic carbocycles. The fourth-order valence-electron chi connectivity index (χ4n) is 0.0642. The molecule has 0 aromatic heterocycles. The van der Waals surface area contributed by atoms with Gasteiger partial charge in [-0.05, 0) is 11.1 Å². The van der Waals surface area contributed by atoms with Crippen molar-refractivity contribution in [1.29, 1.82) is 0 Å². The lowest BCUT2D eigenvalue weighted by Gasteiger charge is -1.89. The molecule has 0 aliphatic heterocycles. The molecule has 4 heteroatoms. The van der Waals surface area contributed by atoms with Gasteiger partial charge in [0, 0.05) is 11.6 Å². The quantitative estimate of drug-likeness (QED) is 0.449. The maximum Gasteiger partial charge on any atom is 0.00399 e. The largest absolute Gasteiger partial charge is 0.769 e. The first-order chi connectivity index (χ1) is 2.77. The van der Waals surface area contributed by atoms with Crippen molar-refractivity contribution in [3.63, 3.8) is 0 Å². The zero-order chi connectivity index (χ0) is 4.99. The van der Waals surface area contributed by atoms with E-state index in [1.165, 1.54) is 0 Å². The van der Waals surface area contributed by atoms with E-state index in [1.54, 1.807) is 0 Å². The van der Waals surface area contributed by atoms with Gasteiger partial charge in [-0.25, -0.2) is 0 Å². The Hall–Kier alpha value is -0.350. The minimum atomic E-state index is -2.12. The van der Waals surface area contributed by atoms with Gasteiger partial charge in [-0.2, -0.15) is 0 Å². The maximum absolute atomic E-state index is 9.43.